The highest BCUT2D eigenvalue weighted by Gasteiger charge is 2.47. The Kier molecular flexibility index (Phi) is 4.59. The predicted molar refractivity (Wildman–Crippen MR) is 82.5 cm³/mol. The summed E-state index contributed by atoms with van der Waals surface area (Å²) in [4.78, 5) is 26.2. The highest BCUT2D eigenvalue weighted by Crippen LogP contribution is 2.52. The fourth-order valence-corrected chi connectivity index (χ4v) is 3.35. The third-order valence-electron chi connectivity index (χ3n) is 5.11. The summed E-state index contributed by atoms with van der Waals surface area (Å²) in [5.74, 6) is 5.35. The fraction of sp³-hybridized carbons (Fsp3) is 0.625. The van der Waals surface area contributed by atoms with E-state index >= 15 is 0 Å². The number of aromatic nitrogens is 2. The lowest BCUT2D eigenvalue weighted by Gasteiger charge is -2.32. The SMILES string of the molecule is CC1[C@@H](CO)C[C@@H](n2cc(C#CCO)c(=O)[nH]c2=O)C1(C)C. The van der Waals surface area contributed by atoms with Crippen LogP contribution in [-0.4, -0.2) is 33.0 Å². The molecule has 0 aromatic carbocycles. The predicted octanol–water partition coefficient (Wildman–Crippen LogP) is 0.0960. The van der Waals surface area contributed by atoms with E-state index in [1.165, 1.54) is 10.8 Å². The number of rotatable bonds is 2. The molecule has 1 aromatic rings. The molecule has 120 valence electrons. The minimum Gasteiger partial charge on any atom is -0.396 e. The molecule has 1 saturated carbocycles. The van der Waals surface area contributed by atoms with Gasteiger partial charge in [-0.2, -0.15) is 0 Å². The molecule has 6 nitrogen and oxygen atoms in total. The zero-order chi connectivity index (χ0) is 16.5. The molecule has 6 heteroatoms. The average molecular weight is 306 g/mol. The van der Waals surface area contributed by atoms with Crippen LogP contribution in [0, 0.1) is 29.1 Å². The maximum atomic E-state index is 12.2. The van der Waals surface area contributed by atoms with Crippen LogP contribution in [0.25, 0.3) is 0 Å². The van der Waals surface area contributed by atoms with Crippen molar-refractivity contribution < 1.29 is 10.2 Å². The molecule has 1 aromatic heterocycles. The Labute approximate surface area is 128 Å². The molecule has 22 heavy (non-hydrogen) atoms. The summed E-state index contributed by atoms with van der Waals surface area (Å²) < 4.78 is 1.51. The van der Waals surface area contributed by atoms with Gasteiger partial charge in [0.05, 0.1) is 0 Å². The number of nitrogens with zero attached hydrogens (tertiary/aromatic N) is 1. The number of hydrogen-bond donors (Lipinski definition) is 3. The van der Waals surface area contributed by atoms with Crippen molar-refractivity contribution in [3.05, 3.63) is 32.6 Å². The van der Waals surface area contributed by atoms with Crippen LogP contribution in [0.2, 0.25) is 0 Å². The van der Waals surface area contributed by atoms with Crippen LogP contribution in [0.5, 0.6) is 0 Å². The number of aliphatic hydroxyl groups is 2. The standard InChI is InChI=1S/C16H22N2O4/c1-10-12(9-20)7-13(16(10,2)3)18-8-11(5-4-6-19)14(21)17-15(18)22/h8,10,12-13,19-20H,6-7,9H2,1-3H3,(H,17,21,22)/t10?,12-,13-/m1/s1. The van der Waals surface area contributed by atoms with Crippen LogP contribution in [0.4, 0.5) is 0 Å². The highest BCUT2D eigenvalue weighted by atomic mass is 16.3. The molecule has 0 bridgehead atoms. The van der Waals surface area contributed by atoms with Gasteiger partial charge in [-0.3, -0.25) is 14.3 Å². The van der Waals surface area contributed by atoms with E-state index in [1.54, 1.807) is 0 Å². The van der Waals surface area contributed by atoms with Crippen LogP contribution < -0.4 is 11.2 Å². The van der Waals surface area contributed by atoms with E-state index in [2.05, 4.69) is 37.6 Å². The molecule has 0 saturated heterocycles. The first-order valence-electron chi connectivity index (χ1n) is 7.39. The second-order valence-corrected chi connectivity index (χ2v) is 6.47. The molecule has 1 fully saturated rings. The van der Waals surface area contributed by atoms with Crippen molar-refractivity contribution in [1.82, 2.24) is 9.55 Å². The van der Waals surface area contributed by atoms with Gasteiger partial charge in [0.15, 0.2) is 0 Å². The van der Waals surface area contributed by atoms with Crippen LogP contribution in [0.15, 0.2) is 15.8 Å². The molecule has 0 aliphatic heterocycles. The molecule has 0 radical (unpaired) electrons. The van der Waals surface area contributed by atoms with Gasteiger partial charge >= 0.3 is 5.69 Å². The molecular formula is C16H22N2O4. The Hall–Kier alpha value is -1.84. The smallest absolute Gasteiger partial charge is 0.328 e. The topological polar surface area (TPSA) is 95.3 Å². The van der Waals surface area contributed by atoms with Crippen molar-refractivity contribution in [3.8, 4) is 11.8 Å². The Morgan fingerprint density at radius 3 is 2.64 bits per heavy atom. The van der Waals surface area contributed by atoms with E-state index < -0.39 is 11.2 Å². The quantitative estimate of drug-likeness (QED) is 0.675. The summed E-state index contributed by atoms with van der Waals surface area (Å²) in [7, 11) is 0. The van der Waals surface area contributed by atoms with Gasteiger partial charge in [-0.05, 0) is 23.7 Å². The maximum Gasteiger partial charge on any atom is 0.328 e. The molecule has 1 heterocycles. The Morgan fingerprint density at radius 1 is 1.41 bits per heavy atom. The van der Waals surface area contributed by atoms with Gasteiger partial charge in [-0.25, -0.2) is 4.79 Å². The van der Waals surface area contributed by atoms with Gasteiger partial charge in [0.1, 0.15) is 12.2 Å². The Morgan fingerprint density at radius 2 is 2.09 bits per heavy atom. The van der Waals surface area contributed by atoms with Gasteiger partial charge in [-0.15, -0.1) is 0 Å². The zero-order valence-electron chi connectivity index (χ0n) is 13.1. The minimum absolute atomic E-state index is 0.0797. The highest BCUT2D eigenvalue weighted by molar-refractivity contribution is 5.29. The molecule has 3 atom stereocenters. The lowest BCUT2D eigenvalue weighted by Crippen LogP contribution is -2.38. The first-order valence-corrected chi connectivity index (χ1v) is 7.39. The summed E-state index contributed by atoms with van der Waals surface area (Å²) in [6.07, 6.45) is 2.13. The van der Waals surface area contributed by atoms with Crippen molar-refractivity contribution in [3.63, 3.8) is 0 Å². The van der Waals surface area contributed by atoms with Crippen molar-refractivity contribution in [2.24, 2.45) is 17.3 Å². The lowest BCUT2D eigenvalue weighted by molar-refractivity contribution is 0.148. The lowest BCUT2D eigenvalue weighted by atomic mass is 9.78. The van der Waals surface area contributed by atoms with Crippen LogP contribution in [0.3, 0.4) is 0 Å². The van der Waals surface area contributed by atoms with Gasteiger partial charge in [-0.1, -0.05) is 32.6 Å². The third kappa shape index (κ3) is 2.74. The molecule has 2 rings (SSSR count). The largest absolute Gasteiger partial charge is 0.396 e. The number of aromatic amines is 1. The maximum absolute atomic E-state index is 12.2. The van der Waals surface area contributed by atoms with Gasteiger partial charge < -0.3 is 10.2 Å². The first-order chi connectivity index (χ1) is 10.3. The van der Waals surface area contributed by atoms with E-state index in [9.17, 15) is 14.7 Å². The van der Waals surface area contributed by atoms with Crippen molar-refractivity contribution in [1.29, 1.82) is 0 Å². The Balaban J connectivity index is 2.53. The van der Waals surface area contributed by atoms with E-state index in [1.807, 2.05) is 0 Å². The molecule has 1 aliphatic carbocycles. The number of aliphatic hydroxyl groups excluding tert-OH is 2. The average Bonchev–Trinajstić information content (AvgIpc) is 2.69. The Bertz CT molecular complexity index is 720. The van der Waals surface area contributed by atoms with Crippen LogP contribution in [-0.2, 0) is 0 Å². The monoisotopic (exact) mass is 306 g/mol. The summed E-state index contributed by atoms with van der Waals surface area (Å²) >= 11 is 0. The van der Waals surface area contributed by atoms with E-state index in [4.69, 9.17) is 5.11 Å². The molecule has 0 amide bonds. The summed E-state index contributed by atoms with van der Waals surface area (Å²) in [6, 6.07) is -0.126. The fourth-order valence-electron chi connectivity index (χ4n) is 3.35. The molecule has 0 spiro atoms. The van der Waals surface area contributed by atoms with Crippen LogP contribution >= 0.6 is 0 Å². The van der Waals surface area contributed by atoms with Crippen molar-refractivity contribution >= 4 is 0 Å². The van der Waals surface area contributed by atoms with E-state index in [-0.39, 0.29) is 42.1 Å². The third-order valence-corrected chi connectivity index (χ3v) is 5.11. The molecule has 3 N–H and O–H groups in total. The summed E-state index contributed by atoms with van der Waals surface area (Å²) in [5, 5.41) is 18.3. The molecule has 1 aliphatic rings. The molecular weight excluding hydrogens is 284 g/mol. The van der Waals surface area contributed by atoms with Crippen molar-refractivity contribution in [2.45, 2.75) is 33.2 Å². The molecule has 1 unspecified atom stereocenters. The summed E-state index contributed by atoms with van der Waals surface area (Å²) in [6.45, 7) is 5.93. The van der Waals surface area contributed by atoms with Gasteiger partial charge in [0, 0.05) is 18.8 Å². The van der Waals surface area contributed by atoms with Crippen LogP contribution in [0.1, 0.15) is 38.8 Å². The second-order valence-electron chi connectivity index (χ2n) is 6.47. The number of H-pyrrole nitrogens is 1. The summed E-state index contributed by atoms with van der Waals surface area (Å²) in [5.41, 5.74) is -1.06. The first kappa shape index (κ1) is 16.5. The van der Waals surface area contributed by atoms with Gasteiger partial charge in [0.2, 0.25) is 0 Å². The van der Waals surface area contributed by atoms with E-state index in [0.29, 0.717) is 6.42 Å². The number of nitrogens with one attached hydrogen (secondary N) is 1. The van der Waals surface area contributed by atoms with Gasteiger partial charge in [0.25, 0.3) is 5.56 Å². The normalized spacial score (nSPS) is 26.5. The van der Waals surface area contributed by atoms with Crippen molar-refractivity contribution in [2.75, 3.05) is 13.2 Å². The second kappa shape index (κ2) is 6.11. The zero-order valence-corrected chi connectivity index (χ0v) is 13.1. The number of hydrogen-bond acceptors (Lipinski definition) is 4. The minimum atomic E-state index is -0.551. The van der Waals surface area contributed by atoms with E-state index in [0.717, 1.165) is 0 Å².